The fraction of sp³-hybridized carbons (Fsp3) is 0.636. The Hall–Kier alpha value is -0.920. The van der Waals surface area contributed by atoms with Gasteiger partial charge in [-0.05, 0) is 27.3 Å². The van der Waals surface area contributed by atoms with Gasteiger partial charge < -0.3 is 5.32 Å². The van der Waals surface area contributed by atoms with Crippen molar-refractivity contribution in [3.05, 3.63) is 16.1 Å². The van der Waals surface area contributed by atoms with Gasteiger partial charge >= 0.3 is 0 Å². The van der Waals surface area contributed by atoms with E-state index in [1.54, 1.807) is 11.3 Å². The van der Waals surface area contributed by atoms with Crippen LogP contribution in [0, 0.1) is 11.3 Å². The predicted octanol–water partition coefficient (Wildman–Crippen LogP) is 2.61. The van der Waals surface area contributed by atoms with Crippen LogP contribution in [0.2, 0.25) is 0 Å². The molecule has 15 heavy (non-hydrogen) atoms. The molecule has 1 rings (SSSR count). The summed E-state index contributed by atoms with van der Waals surface area (Å²) in [5, 5.41) is 15.2. The van der Waals surface area contributed by atoms with Crippen molar-refractivity contribution in [3.63, 3.8) is 0 Å². The summed E-state index contributed by atoms with van der Waals surface area (Å²) in [5.74, 6) is 0. The van der Waals surface area contributed by atoms with E-state index in [9.17, 15) is 0 Å². The van der Waals surface area contributed by atoms with Gasteiger partial charge in [0.25, 0.3) is 0 Å². The lowest BCUT2D eigenvalue weighted by atomic mass is 9.97. The number of hydrogen-bond donors (Lipinski definition) is 1. The molecule has 0 radical (unpaired) electrons. The zero-order valence-corrected chi connectivity index (χ0v) is 10.5. The van der Waals surface area contributed by atoms with Crippen LogP contribution in [-0.4, -0.2) is 12.0 Å². The maximum absolute atomic E-state index is 9.01. The van der Waals surface area contributed by atoms with Crippen LogP contribution in [0.5, 0.6) is 0 Å². The molecule has 0 aliphatic heterocycles. The molecule has 0 bridgehead atoms. The SMILES string of the molecule is CCC(NC)c1csc(C(C)(C)C#N)n1. The average Bonchev–Trinajstić information content (AvgIpc) is 2.70. The van der Waals surface area contributed by atoms with Crippen LogP contribution in [-0.2, 0) is 5.41 Å². The number of thiazole rings is 1. The van der Waals surface area contributed by atoms with Gasteiger partial charge in [0.05, 0.1) is 11.8 Å². The summed E-state index contributed by atoms with van der Waals surface area (Å²) in [5.41, 5.74) is 0.568. The van der Waals surface area contributed by atoms with Gasteiger partial charge in [0.1, 0.15) is 10.4 Å². The van der Waals surface area contributed by atoms with Crippen LogP contribution in [0.3, 0.4) is 0 Å². The molecule has 0 aliphatic rings. The molecule has 0 saturated carbocycles. The van der Waals surface area contributed by atoms with Crippen molar-refractivity contribution in [1.82, 2.24) is 10.3 Å². The minimum atomic E-state index is -0.477. The zero-order chi connectivity index (χ0) is 11.5. The summed E-state index contributed by atoms with van der Waals surface area (Å²) in [7, 11) is 1.93. The Morgan fingerprint density at radius 3 is 2.80 bits per heavy atom. The van der Waals surface area contributed by atoms with Gasteiger partial charge in [-0.15, -0.1) is 11.3 Å². The van der Waals surface area contributed by atoms with E-state index < -0.39 is 5.41 Å². The Kier molecular flexibility index (Phi) is 3.83. The highest BCUT2D eigenvalue weighted by molar-refractivity contribution is 7.09. The Bertz CT molecular complexity index is 358. The van der Waals surface area contributed by atoms with Gasteiger partial charge in [-0.25, -0.2) is 4.98 Å². The number of aromatic nitrogens is 1. The molecule has 1 heterocycles. The van der Waals surface area contributed by atoms with Crippen molar-refractivity contribution < 1.29 is 0 Å². The molecule has 3 nitrogen and oxygen atoms in total. The molecule has 0 fully saturated rings. The van der Waals surface area contributed by atoms with Crippen molar-refractivity contribution >= 4 is 11.3 Å². The molecule has 4 heteroatoms. The lowest BCUT2D eigenvalue weighted by molar-refractivity contribution is 0.558. The molecule has 82 valence electrons. The first-order chi connectivity index (χ1) is 7.05. The van der Waals surface area contributed by atoms with Crippen molar-refractivity contribution in [3.8, 4) is 6.07 Å². The predicted molar refractivity (Wildman–Crippen MR) is 62.8 cm³/mol. The van der Waals surface area contributed by atoms with Crippen molar-refractivity contribution in [2.24, 2.45) is 0 Å². The van der Waals surface area contributed by atoms with Gasteiger partial charge in [-0.3, -0.25) is 0 Å². The van der Waals surface area contributed by atoms with Crippen molar-refractivity contribution in [1.29, 1.82) is 5.26 Å². The van der Waals surface area contributed by atoms with E-state index in [4.69, 9.17) is 5.26 Å². The number of nitrogens with one attached hydrogen (secondary N) is 1. The quantitative estimate of drug-likeness (QED) is 0.853. The highest BCUT2D eigenvalue weighted by Crippen LogP contribution is 2.28. The summed E-state index contributed by atoms with van der Waals surface area (Å²) in [6, 6.07) is 2.57. The summed E-state index contributed by atoms with van der Waals surface area (Å²) in [4.78, 5) is 4.53. The topological polar surface area (TPSA) is 48.7 Å². The Morgan fingerprint density at radius 2 is 2.33 bits per heavy atom. The van der Waals surface area contributed by atoms with Gasteiger partial charge in [0, 0.05) is 11.4 Å². The number of nitrogens with zero attached hydrogens (tertiary/aromatic N) is 2. The second-order valence-electron chi connectivity index (χ2n) is 4.06. The summed E-state index contributed by atoms with van der Waals surface area (Å²) in [6.07, 6.45) is 1.01. The van der Waals surface area contributed by atoms with E-state index in [1.165, 1.54) is 0 Å². The first-order valence-electron chi connectivity index (χ1n) is 5.09. The summed E-state index contributed by atoms with van der Waals surface area (Å²) < 4.78 is 0. The molecule has 1 unspecified atom stereocenters. The Labute approximate surface area is 95.2 Å². The molecule has 0 aromatic carbocycles. The molecule has 1 N–H and O–H groups in total. The van der Waals surface area contributed by atoms with Crippen molar-refractivity contribution in [2.45, 2.75) is 38.6 Å². The Morgan fingerprint density at radius 1 is 1.67 bits per heavy atom. The van der Waals surface area contributed by atoms with Crippen LogP contribution in [0.15, 0.2) is 5.38 Å². The minimum absolute atomic E-state index is 0.296. The maximum atomic E-state index is 9.01. The molecule has 1 aromatic heterocycles. The summed E-state index contributed by atoms with van der Waals surface area (Å²) in [6.45, 7) is 5.92. The average molecular weight is 223 g/mol. The monoisotopic (exact) mass is 223 g/mol. The van der Waals surface area contributed by atoms with E-state index in [2.05, 4.69) is 23.3 Å². The van der Waals surface area contributed by atoms with Crippen LogP contribution >= 0.6 is 11.3 Å². The molecular weight excluding hydrogens is 206 g/mol. The van der Waals surface area contributed by atoms with Gasteiger partial charge in [-0.2, -0.15) is 5.26 Å². The van der Waals surface area contributed by atoms with E-state index in [1.807, 2.05) is 26.3 Å². The third-order valence-corrected chi connectivity index (χ3v) is 3.63. The van der Waals surface area contributed by atoms with E-state index >= 15 is 0 Å². The number of rotatable bonds is 4. The summed E-state index contributed by atoms with van der Waals surface area (Å²) >= 11 is 1.57. The minimum Gasteiger partial charge on any atom is -0.312 e. The fourth-order valence-electron chi connectivity index (χ4n) is 1.34. The van der Waals surface area contributed by atoms with Crippen LogP contribution in [0.4, 0.5) is 0 Å². The molecule has 0 saturated heterocycles. The normalized spacial score (nSPS) is 13.5. The molecule has 0 aliphatic carbocycles. The van der Waals surface area contributed by atoms with E-state index in [0.717, 1.165) is 17.1 Å². The number of hydrogen-bond acceptors (Lipinski definition) is 4. The fourth-order valence-corrected chi connectivity index (χ4v) is 2.29. The van der Waals surface area contributed by atoms with Gasteiger partial charge in [-0.1, -0.05) is 6.92 Å². The van der Waals surface area contributed by atoms with Crippen LogP contribution in [0.1, 0.15) is 43.9 Å². The van der Waals surface area contributed by atoms with E-state index in [-0.39, 0.29) is 0 Å². The number of nitriles is 1. The van der Waals surface area contributed by atoms with Crippen LogP contribution in [0.25, 0.3) is 0 Å². The highest BCUT2D eigenvalue weighted by atomic mass is 32.1. The molecule has 1 atom stereocenters. The third-order valence-electron chi connectivity index (χ3n) is 2.45. The second-order valence-corrected chi connectivity index (χ2v) is 4.92. The largest absolute Gasteiger partial charge is 0.312 e. The van der Waals surface area contributed by atoms with Gasteiger partial charge in [0.15, 0.2) is 0 Å². The maximum Gasteiger partial charge on any atom is 0.113 e. The standard InChI is InChI=1S/C11H17N3S/c1-5-8(13-4)9-6-15-10(14-9)11(2,3)7-12/h6,8,13H,5H2,1-4H3. The Balaban J connectivity index is 2.95. The first kappa shape index (κ1) is 12.2. The highest BCUT2D eigenvalue weighted by Gasteiger charge is 2.24. The lowest BCUT2D eigenvalue weighted by Gasteiger charge is -2.12. The second kappa shape index (κ2) is 4.73. The first-order valence-corrected chi connectivity index (χ1v) is 5.97. The van der Waals surface area contributed by atoms with Crippen LogP contribution < -0.4 is 5.32 Å². The lowest BCUT2D eigenvalue weighted by Crippen LogP contribution is -2.17. The van der Waals surface area contributed by atoms with Crippen molar-refractivity contribution in [2.75, 3.05) is 7.05 Å². The molecule has 0 spiro atoms. The molecule has 1 aromatic rings. The van der Waals surface area contributed by atoms with E-state index in [0.29, 0.717) is 6.04 Å². The van der Waals surface area contributed by atoms with Gasteiger partial charge in [0.2, 0.25) is 0 Å². The third kappa shape index (κ3) is 2.55. The smallest absolute Gasteiger partial charge is 0.113 e. The molecule has 0 amide bonds. The zero-order valence-electron chi connectivity index (χ0n) is 9.66. The molecular formula is C11H17N3S.